The molecular weight excluding hydrogens is 1580 g/mol. The number of thiophene rings is 1. The van der Waals surface area contributed by atoms with E-state index >= 15 is 0 Å². The molecule has 11 nitrogen and oxygen atoms in total. The van der Waals surface area contributed by atoms with Crippen LogP contribution in [0, 0.1) is 0 Å². The van der Waals surface area contributed by atoms with Gasteiger partial charge in [0, 0.05) is 108 Å². The first kappa shape index (κ1) is 75.5. The van der Waals surface area contributed by atoms with Crippen molar-refractivity contribution in [3.05, 3.63) is 429 Å². The van der Waals surface area contributed by atoms with Gasteiger partial charge in [0.05, 0.1) is 44.3 Å². The first-order valence-corrected chi connectivity index (χ1v) is 44.3. The van der Waals surface area contributed by atoms with Crippen molar-refractivity contribution in [3.8, 4) is 119 Å². The van der Waals surface area contributed by atoms with Crippen LogP contribution in [0.25, 0.3) is 216 Å². The fourth-order valence-corrected chi connectivity index (χ4v) is 21.3. The molecule has 17 aromatic carbocycles. The summed E-state index contributed by atoms with van der Waals surface area (Å²) in [6.45, 7) is 9.40. The van der Waals surface area contributed by atoms with Crippen molar-refractivity contribution in [2.45, 2.75) is 38.5 Å². The van der Waals surface area contributed by atoms with Gasteiger partial charge in [0.25, 0.3) is 0 Å². The summed E-state index contributed by atoms with van der Waals surface area (Å²) in [5, 5.41) is 11.2. The highest BCUT2D eigenvalue weighted by Gasteiger charge is 2.40. The van der Waals surface area contributed by atoms with Crippen LogP contribution in [-0.4, -0.2) is 53.6 Å². The SMILES string of the molecule is CC1(C)c2ccccc2-c2ccc3c(c21)c1ccccc1n3-c1ccc(-c2nc(-c3ccccc3)nc(-c3ccccc3)n2)cc1.CC1(C)c2ccccc2-c2ccc3c(c21)c1ccccc1n3-c1nc(-c2ccccc2)nc(-c2ccccc2)n1.c1ccc(-c2ccc(-c3nc(-n4c5ccccc5c5c6sc7ccccc7c6ccc54)nc4ccccc34)cc2)cc1. The molecule has 0 bridgehead atoms. The molecule has 128 heavy (non-hydrogen) atoms. The largest absolute Gasteiger partial charge is 0.309 e. The van der Waals surface area contributed by atoms with Crippen LogP contribution < -0.4 is 0 Å². The number of benzene rings is 17. The van der Waals surface area contributed by atoms with Gasteiger partial charge in [0.2, 0.25) is 11.9 Å². The van der Waals surface area contributed by atoms with Gasteiger partial charge in [-0.05, 0) is 128 Å². The lowest BCUT2D eigenvalue weighted by Crippen LogP contribution is -2.15. The Morgan fingerprint density at radius 1 is 0.219 bits per heavy atom. The monoisotopic (exact) mass is 1660 g/mol. The Morgan fingerprint density at radius 2 is 0.562 bits per heavy atom. The van der Waals surface area contributed by atoms with E-state index in [1.54, 1.807) is 0 Å². The standard InChI is InChI=1S/C42H30N4.C38H23N3S.C36H26N4/c1-42(2)34-19-11-9-17-31(34)32-25-26-36-37(38(32)42)33-18-10-12-20-35(33)46(36)30-23-21-29(22-24-30)41-44-39(27-13-5-3-6-14-27)43-40(45-41)28-15-7-4-8-16-28;1-2-10-24(11-3-1)25-18-20-26(21-19-25)36-29-13-4-7-15-31(29)39-38(40-36)41-32-16-8-5-14-30(32)35-33(41)23-22-28-27-12-6-9-17-34(27)42-37(28)35;1-36(2)28-19-11-9-17-25(28)26-21-22-30-31(32(26)36)27-18-10-12-20-29(27)40(30)35-38-33(23-13-5-3-6-14-23)37-34(39-35)24-15-7-4-8-16-24/h3-26H,1-2H3;1-23H;3-22H,1-2H3. The topological polar surface area (TPSA) is 118 Å². The molecule has 0 saturated carbocycles. The quantitative estimate of drug-likeness (QED) is 0.133. The molecule has 0 N–H and O–H groups in total. The smallest absolute Gasteiger partial charge is 0.238 e. The maximum Gasteiger partial charge on any atom is 0.238 e. The summed E-state index contributed by atoms with van der Waals surface area (Å²) in [6, 6.07) is 143. The van der Waals surface area contributed by atoms with Crippen LogP contribution in [0.15, 0.2) is 406 Å². The van der Waals surface area contributed by atoms with Gasteiger partial charge in [-0.2, -0.15) is 9.97 Å². The van der Waals surface area contributed by atoms with Crippen LogP contribution in [0.2, 0.25) is 0 Å². The molecular formula is C116H79N11S. The van der Waals surface area contributed by atoms with Crippen molar-refractivity contribution in [1.82, 2.24) is 53.6 Å². The number of fused-ring (bicyclic) bond motifs is 22. The highest BCUT2D eigenvalue weighted by Crippen LogP contribution is 2.56. The van der Waals surface area contributed by atoms with E-state index in [4.69, 9.17) is 39.9 Å². The lowest BCUT2D eigenvalue weighted by Gasteiger charge is -2.22. The molecule has 24 aromatic rings. The average Bonchev–Trinajstić information content (AvgIpc) is 1.54. The minimum Gasteiger partial charge on any atom is -0.309 e. The molecule has 0 aliphatic heterocycles. The molecule has 0 fully saturated rings. The Balaban J connectivity index is 0.000000107. The third kappa shape index (κ3) is 12.4. The molecule has 7 heterocycles. The lowest BCUT2D eigenvalue weighted by molar-refractivity contribution is 0.666. The molecule has 0 saturated heterocycles. The normalized spacial score (nSPS) is 12.8. The third-order valence-corrected chi connectivity index (χ3v) is 27.1. The zero-order chi connectivity index (χ0) is 85.3. The van der Waals surface area contributed by atoms with E-state index in [2.05, 4.69) is 314 Å². The highest BCUT2D eigenvalue weighted by atomic mass is 32.1. The summed E-state index contributed by atoms with van der Waals surface area (Å²) >= 11 is 1.86. The van der Waals surface area contributed by atoms with Crippen LogP contribution in [0.5, 0.6) is 0 Å². The van der Waals surface area contributed by atoms with E-state index in [1.165, 1.54) is 119 Å². The van der Waals surface area contributed by atoms with Gasteiger partial charge in [-0.25, -0.2) is 29.9 Å². The van der Waals surface area contributed by atoms with Crippen LogP contribution in [0.1, 0.15) is 49.9 Å². The van der Waals surface area contributed by atoms with Gasteiger partial charge in [-0.3, -0.25) is 9.13 Å². The van der Waals surface area contributed by atoms with Crippen LogP contribution in [0.4, 0.5) is 0 Å². The first-order valence-electron chi connectivity index (χ1n) is 43.5. The maximum absolute atomic E-state index is 5.29. The van der Waals surface area contributed by atoms with Gasteiger partial charge in [0.1, 0.15) is 0 Å². The molecule has 0 spiro atoms. The molecule has 0 unspecified atom stereocenters. The maximum atomic E-state index is 5.29. The number of nitrogens with zero attached hydrogens (tertiary/aromatic N) is 11. The van der Waals surface area contributed by atoms with Gasteiger partial charge in [0.15, 0.2) is 29.1 Å². The summed E-state index contributed by atoms with van der Waals surface area (Å²) in [4.78, 5) is 40.3. The Morgan fingerprint density at radius 3 is 1.06 bits per heavy atom. The molecule has 0 amide bonds. The van der Waals surface area contributed by atoms with Gasteiger partial charge in [-0.15, -0.1) is 11.3 Å². The molecule has 26 rings (SSSR count). The van der Waals surface area contributed by atoms with E-state index < -0.39 is 0 Å². The zero-order valence-electron chi connectivity index (χ0n) is 70.5. The fourth-order valence-electron chi connectivity index (χ4n) is 20.0. The summed E-state index contributed by atoms with van der Waals surface area (Å²) in [6.07, 6.45) is 0. The summed E-state index contributed by atoms with van der Waals surface area (Å²) in [5.41, 5.74) is 28.6. The first-order chi connectivity index (χ1) is 63.0. The van der Waals surface area contributed by atoms with Gasteiger partial charge in [-0.1, -0.05) is 361 Å². The molecule has 2 aliphatic rings. The predicted octanol–water partition coefficient (Wildman–Crippen LogP) is 29.3. The van der Waals surface area contributed by atoms with Gasteiger partial charge < -0.3 is 4.57 Å². The number of hydrogen-bond acceptors (Lipinski definition) is 9. The lowest BCUT2D eigenvalue weighted by atomic mass is 9.80. The number of aromatic nitrogens is 11. The van der Waals surface area contributed by atoms with Crippen molar-refractivity contribution >= 4 is 108 Å². The summed E-state index contributed by atoms with van der Waals surface area (Å²) in [7, 11) is 0. The van der Waals surface area contributed by atoms with Crippen LogP contribution >= 0.6 is 11.3 Å². The Labute approximate surface area is 742 Å². The molecule has 0 radical (unpaired) electrons. The molecule has 12 heteroatoms. The second-order valence-corrected chi connectivity index (χ2v) is 35.1. The van der Waals surface area contributed by atoms with E-state index in [1.807, 2.05) is 145 Å². The van der Waals surface area contributed by atoms with E-state index in [-0.39, 0.29) is 10.8 Å². The summed E-state index contributed by atoms with van der Waals surface area (Å²) < 4.78 is 9.46. The number of para-hydroxylation sites is 4. The third-order valence-electron chi connectivity index (χ3n) is 25.9. The second-order valence-electron chi connectivity index (χ2n) is 34.0. The van der Waals surface area contributed by atoms with Crippen LogP contribution in [-0.2, 0) is 10.8 Å². The summed E-state index contributed by atoms with van der Waals surface area (Å²) in [5.74, 6) is 4.59. The van der Waals surface area contributed by atoms with Crippen LogP contribution in [0.3, 0.4) is 0 Å². The van der Waals surface area contributed by atoms with Crippen molar-refractivity contribution in [1.29, 1.82) is 0 Å². The minimum atomic E-state index is -0.135. The van der Waals surface area contributed by atoms with E-state index in [0.29, 0.717) is 41.0 Å². The highest BCUT2D eigenvalue weighted by molar-refractivity contribution is 7.26. The predicted molar refractivity (Wildman–Crippen MR) is 528 cm³/mol. The Hall–Kier alpha value is -16.3. The zero-order valence-corrected chi connectivity index (χ0v) is 71.3. The molecule has 0 atom stereocenters. The molecule has 2 aliphatic carbocycles. The number of hydrogen-bond donors (Lipinski definition) is 0. The fraction of sp³-hybridized carbons (Fsp3) is 0.0517. The molecule has 604 valence electrons. The second kappa shape index (κ2) is 30.3. The van der Waals surface area contributed by atoms with Crippen molar-refractivity contribution in [2.75, 3.05) is 0 Å². The van der Waals surface area contributed by atoms with Crippen molar-refractivity contribution < 1.29 is 0 Å². The Bertz CT molecular complexity index is 8420. The van der Waals surface area contributed by atoms with E-state index in [9.17, 15) is 0 Å². The minimum absolute atomic E-state index is 0.101. The van der Waals surface area contributed by atoms with E-state index in [0.717, 1.165) is 77.7 Å². The molecule has 7 aromatic heterocycles. The van der Waals surface area contributed by atoms with Crippen molar-refractivity contribution in [2.24, 2.45) is 0 Å². The Kier molecular flexibility index (Phi) is 17.9. The average molecular weight is 1660 g/mol. The van der Waals surface area contributed by atoms with Gasteiger partial charge >= 0.3 is 0 Å². The van der Waals surface area contributed by atoms with Crippen molar-refractivity contribution in [3.63, 3.8) is 0 Å². The number of rotatable bonds is 10.